The number of para-hydroxylation sites is 3. The number of anilines is 3. The SMILES string of the molecule is c1ccc(N2c3ccccc3-c3nc(-n4c5ccccc5c5cc6c(cc54)sc4ccccc46)nc4cccc2c34)cc1. The molecule has 0 saturated heterocycles. The monoisotopic (exact) mass is 566 g/mol. The Kier molecular flexibility index (Phi) is 4.57. The highest BCUT2D eigenvalue weighted by molar-refractivity contribution is 7.25. The van der Waals surface area contributed by atoms with Crippen molar-refractivity contribution in [3.63, 3.8) is 0 Å². The van der Waals surface area contributed by atoms with Crippen molar-refractivity contribution >= 4 is 81.3 Å². The Labute approximate surface area is 250 Å². The van der Waals surface area contributed by atoms with Crippen LogP contribution in [0, 0.1) is 0 Å². The van der Waals surface area contributed by atoms with E-state index in [4.69, 9.17) is 9.97 Å². The number of benzene rings is 6. The van der Waals surface area contributed by atoms with Crippen LogP contribution in [0.3, 0.4) is 0 Å². The Morgan fingerprint density at radius 2 is 1.28 bits per heavy atom. The van der Waals surface area contributed by atoms with E-state index in [1.807, 2.05) is 11.3 Å². The van der Waals surface area contributed by atoms with Crippen molar-refractivity contribution < 1.29 is 0 Å². The van der Waals surface area contributed by atoms with Crippen molar-refractivity contribution in [1.82, 2.24) is 14.5 Å². The maximum absolute atomic E-state index is 5.40. The van der Waals surface area contributed by atoms with Gasteiger partial charge in [-0.1, -0.05) is 78.9 Å². The molecule has 0 radical (unpaired) electrons. The summed E-state index contributed by atoms with van der Waals surface area (Å²) in [6, 6.07) is 47.5. The van der Waals surface area contributed by atoms with Crippen molar-refractivity contribution in [2.45, 2.75) is 0 Å². The topological polar surface area (TPSA) is 34.0 Å². The molecule has 0 atom stereocenters. The first-order chi connectivity index (χ1) is 21.3. The maximum Gasteiger partial charge on any atom is 0.235 e. The summed E-state index contributed by atoms with van der Waals surface area (Å²) in [5, 5.41) is 6.09. The summed E-state index contributed by atoms with van der Waals surface area (Å²) >= 11 is 1.84. The largest absolute Gasteiger partial charge is 0.309 e. The molecule has 0 bridgehead atoms. The number of hydrogen-bond acceptors (Lipinski definition) is 4. The molecule has 200 valence electrons. The first-order valence-electron chi connectivity index (χ1n) is 14.4. The van der Waals surface area contributed by atoms with Crippen LogP contribution in [0.25, 0.3) is 70.1 Å². The molecule has 4 nitrogen and oxygen atoms in total. The fourth-order valence-corrected chi connectivity index (χ4v) is 8.01. The zero-order valence-corrected chi connectivity index (χ0v) is 23.7. The zero-order valence-electron chi connectivity index (χ0n) is 22.9. The van der Waals surface area contributed by atoms with Crippen LogP contribution in [0.4, 0.5) is 17.1 Å². The van der Waals surface area contributed by atoms with E-state index < -0.39 is 0 Å². The summed E-state index contributed by atoms with van der Waals surface area (Å²) in [5.41, 5.74) is 8.56. The molecular weight excluding hydrogens is 545 g/mol. The molecule has 0 N–H and O–H groups in total. The van der Waals surface area contributed by atoms with Gasteiger partial charge in [0, 0.05) is 42.2 Å². The molecule has 1 aliphatic heterocycles. The van der Waals surface area contributed by atoms with Crippen molar-refractivity contribution in [2.24, 2.45) is 0 Å². The third-order valence-corrected chi connectivity index (χ3v) is 9.85. The molecule has 0 spiro atoms. The summed E-state index contributed by atoms with van der Waals surface area (Å²) < 4.78 is 4.83. The molecule has 10 rings (SSSR count). The second-order valence-electron chi connectivity index (χ2n) is 11.0. The van der Waals surface area contributed by atoms with Crippen LogP contribution in [0.2, 0.25) is 0 Å². The van der Waals surface area contributed by atoms with Crippen LogP contribution in [-0.4, -0.2) is 14.5 Å². The summed E-state index contributed by atoms with van der Waals surface area (Å²) in [6.45, 7) is 0. The van der Waals surface area contributed by atoms with E-state index in [0.29, 0.717) is 5.95 Å². The fraction of sp³-hybridized carbons (Fsp3) is 0. The summed E-state index contributed by atoms with van der Waals surface area (Å²) in [7, 11) is 0. The van der Waals surface area contributed by atoms with Crippen LogP contribution in [-0.2, 0) is 0 Å². The quantitative estimate of drug-likeness (QED) is 0.209. The van der Waals surface area contributed by atoms with Crippen LogP contribution in [0.5, 0.6) is 0 Å². The first-order valence-corrected chi connectivity index (χ1v) is 15.3. The average Bonchev–Trinajstić information content (AvgIpc) is 3.59. The Balaban J connectivity index is 1.31. The molecule has 0 saturated carbocycles. The van der Waals surface area contributed by atoms with Gasteiger partial charge >= 0.3 is 0 Å². The molecule has 9 aromatic rings. The number of aromatic nitrogens is 3. The van der Waals surface area contributed by atoms with Gasteiger partial charge in [0.05, 0.1) is 39.0 Å². The second-order valence-corrected chi connectivity index (χ2v) is 12.1. The highest BCUT2D eigenvalue weighted by Gasteiger charge is 2.28. The minimum Gasteiger partial charge on any atom is -0.309 e. The standard InChI is InChI=1S/C38H22N4S/c1-2-11-23(12-3-1)41-31-18-8-5-15-26(31)37-36-29(16-10-19-32(36)41)39-38(40-37)42-30-17-7-4-13-24(30)27-21-28-25-14-6-9-20-34(25)43-35(28)22-33(27)42/h1-22H. The lowest BCUT2D eigenvalue weighted by molar-refractivity contribution is 1.01. The summed E-state index contributed by atoms with van der Waals surface area (Å²) in [6.07, 6.45) is 0. The van der Waals surface area contributed by atoms with E-state index in [2.05, 4.69) is 143 Å². The number of nitrogens with zero attached hydrogens (tertiary/aromatic N) is 4. The Morgan fingerprint density at radius 1 is 0.512 bits per heavy atom. The normalized spacial score (nSPS) is 12.6. The lowest BCUT2D eigenvalue weighted by Crippen LogP contribution is -2.16. The van der Waals surface area contributed by atoms with Gasteiger partial charge in [-0.15, -0.1) is 11.3 Å². The highest BCUT2D eigenvalue weighted by Crippen LogP contribution is 2.50. The van der Waals surface area contributed by atoms with Crippen LogP contribution in [0.15, 0.2) is 133 Å². The van der Waals surface area contributed by atoms with Crippen molar-refractivity contribution in [3.8, 4) is 17.2 Å². The van der Waals surface area contributed by atoms with Gasteiger partial charge in [-0.2, -0.15) is 0 Å². The third kappa shape index (κ3) is 3.14. The molecule has 0 amide bonds. The van der Waals surface area contributed by atoms with E-state index in [-0.39, 0.29) is 0 Å². The van der Waals surface area contributed by atoms with Gasteiger partial charge in [0.25, 0.3) is 0 Å². The lowest BCUT2D eigenvalue weighted by atomic mass is 9.96. The van der Waals surface area contributed by atoms with Gasteiger partial charge in [0.1, 0.15) is 0 Å². The molecule has 5 heteroatoms. The second kappa shape index (κ2) is 8.51. The average molecular weight is 567 g/mol. The predicted octanol–water partition coefficient (Wildman–Crippen LogP) is 10.5. The van der Waals surface area contributed by atoms with E-state index in [1.54, 1.807) is 0 Å². The van der Waals surface area contributed by atoms with E-state index in [0.717, 1.165) is 50.3 Å². The molecule has 0 fully saturated rings. The van der Waals surface area contributed by atoms with Gasteiger partial charge in [-0.3, -0.25) is 4.57 Å². The van der Waals surface area contributed by atoms with Crippen LogP contribution in [0.1, 0.15) is 0 Å². The van der Waals surface area contributed by atoms with E-state index in [9.17, 15) is 0 Å². The Morgan fingerprint density at radius 3 is 2.21 bits per heavy atom. The molecule has 3 aromatic heterocycles. The summed E-state index contributed by atoms with van der Waals surface area (Å²) in [5.74, 6) is 0.689. The molecule has 4 heterocycles. The smallest absolute Gasteiger partial charge is 0.235 e. The molecular formula is C38H22N4S. The van der Waals surface area contributed by atoms with Gasteiger partial charge in [-0.25, -0.2) is 9.97 Å². The van der Waals surface area contributed by atoms with E-state index in [1.165, 1.54) is 30.9 Å². The molecule has 43 heavy (non-hydrogen) atoms. The van der Waals surface area contributed by atoms with Crippen molar-refractivity contribution in [1.29, 1.82) is 0 Å². The first kappa shape index (κ1) is 23.1. The van der Waals surface area contributed by atoms with Crippen molar-refractivity contribution in [2.75, 3.05) is 4.90 Å². The zero-order chi connectivity index (χ0) is 28.1. The minimum absolute atomic E-state index is 0.689. The lowest BCUT2D eigenvalue weighted by Gasteiger charge is -2.32. The maximum atomic E-state index is 5.40. The number of hydrogen-bond donors (Lipinski definition) is 0. The molecule has 1 aliphatic rings. The predicted molar refractivity (Wildman–Crippen MR) is 180 cm³/mol. The molecule has 0 unspecified atom stereocenters. The number of rotatable bonds is 2. The minimum atomic E-state index is 0.689. The fourth-order valence-electron chi connectivity index (χ4n) is 6.89. The van der Waals surface area contributed by atoms with Crippen molar-refractivity contribution in [3.05, 3.63) is 133 Å². The van der Waals surface area contributed by atoms with Gasteiger partial charge in [0.2, 0.25) is 5.95 Å². The van der Waals surface area contributed by atoms with E-state index >= 15 is 0 Å². The van der Waals surface area contributed by atoms with Gasteiger partial charge in [-0.05, 0) is 54.6 Å². The van der Waals surface area contributed by atoms with Gasteiger partial charge in [0.15, 0.2) is 0 Å². The Bertz CT molecular complexity index is 2580. The van der Waals surface area contributed by atoms with Crippen LogP contribution >= 0.6 is 11.3 Å². The van der Waals surface area contributed by atoms with Crippen LogP contribution < -0.4 is 4.90 Å². The Hall–Kier alpha value is -5.52. The molecule has 0 aliphatic carbocycles. The molecule has 6 aromatic carbocycles. The highest BCUT2D eigenvalue weighted by atomic mass is 32.1. The number of fused-ring (bicyclic) bond motifs is 8. The third-order valence-electron chi connectivity index (χ3n) is 8.72. The number of thiophene rings is 1. The van der Waals surface area contributed by atoms with Gasteiger partial charge < -0.3 is 4.90 Å². The summed E-state index contributed by atoms with van der Waals surface area (Å²) in [4.78, 5) is 13.0.